The maximum atomic E-state index is 13.0. The molecule has 9 heteroatoms. The Morgan fingerprint density at radius 3 is 1.22 bits per heavy atom. The zero-order valence-corrected chi connectivity index (χ0v) is 42.1. The highest BCUT2D eigenvalue weighted by molar-refractivity contribution is 5.76. The Morgan fingerprint density at radius 1 is 0.516 bits per heavy atom. The van der Waals surface area contributed by atoms with Gasteiger partial charge in [0.25, 0.3) is 0 Å². The van der Waals surface area contributed by atoms with Gasteiger partial charge >= 0.3 is 0 Å². The lowest BCUT2D eigenvalue weighted by Crippen LogP contribution is -2.60. The minimum Gasteiger partial charge on any atom is -0.394 e. The number of hydrogen-bond donors (Lipinski definition) is 6. The van der Waals surface area contributed by atoms with Gasteiger partial charge in [-0.25, -0.2) is 0 Å². The number of nitrogens with one attached hydrogen (secondary N) is 1. The van der Waals surface area contributed by atoms with Crippen molar-refractivity contribution in [3.05, 3.63) is 12.2 Å². The Morgan fingerprint density at radius 2 is 0.859 bits per heavy atom. The van der Waals surface area contributed by atoms with Gasteiger partial charge in [-0.3, -0.25) is 4.79 Å². The van der Waals surface area contributed by atoms with E-state index in [4.69, 9.17) is 9.47 Å². The molecule has 1 heterocycles. The van der Waals surface area contributed by atoms with E-state index in [1.54, 1.807) is 6.08 Å². The fourth-order valence-electron chi connectivity index (χ4n) is 9.16. The largest absolute Gasteiger partial charge is 0.394 e. The molecular weight excluding hydrogens is 803 g/mol. The number of aliphatic hydroxyl groups excluding tert-OH is 5. The summed E-state index contributed by atoms with van der Waals surface area (Å²) < 4.78 is 11.2. The van der Waals surface area contributed by atoms with E-state index in [1.807, 2.05) is 6.08 Å². The van der Waals surface area contributed by atoms with E-state index >= 15 is 0 Å². The first kappa shape index (κ1) is 60.9. The van der Waals surface area contributed by atoms with Crippen LogP contribution in [0.4, 0.5) is 0 Å². The Labute approximate surface area is 395 Å². The monoisotopic (exact) mass is 910 g/mol. The first-order chi connectivity index (χ1) is 31.3. The zero-order chi connectivity index (χ0) is 46.6. The van der Waals surface area contributed by atoms with Crippen molar-refractivity contribution in [1.82, 2.24) is 5.32 Å². The second-order valence-electron chi connectivity index (χ2n) is 19.7. The molecule has 0 aromatic heterocycles. The molecule has 1 saturated heterocycles. The summed E-state index contributed by atoms with van der Waals surface area (Å²) in [6, 6.07) is -0.799. The Bertz CT molecular complexity index is 1010. The van der Waals surface area contributed by atoms with Crippen LogP contribution in [-0.2, 0) is 14.3 Å². The summed E-state index contributed by atoms with van der Waals surface area (Å²) in [7, 11) is 0. The molecule has 0 saturated carbocycles. The lowest BCUT2D eigenvalue weighted by Gasteiger charge is -2.40. The van der Waals surface area contributed by atoms with Gasteiger partial charge in [0.1, 0.15) is 24.4 Å². The van der Waals surface area contributed by atoms with E-state index in [0.717, 1.165) is 38.5 Å². The minimum atomic E-state index is -1.56. The fraction of sp³-hybridized carbons (Fsp3) is 0.945. The van der Waals surface area contributed by atoms with Gasteiger partial charge in [0.05, 0.1) is 25.4 Å². The Balaban J connectivity index is 2.16. The third-order valence-corrected chi connectivity index (χ3v) is 13.6. The smallest absolute Gasteiger partial charge is 0.220 e. The normalized spacial score (nSPS) is 20.0. The molecule has 1 rings (SSSR count). The number of carbonyl (C=O) groups excluding carboxylic acids is 1. The zero-order valence-electron chi connectivity index (χ0n) is 42.1. The Kier molecular flexibility index (Phi) is 43.5. The molecular formula is C55H107NO8. The summed E-state index contributed by atoms with van der Waals surface area (Å²) in [5.74, 6) is -0.174. The molecule has 1 amide bonds. The topological polar surface area (TPSA) is 149 Å². The Hall–Kier alpha value is -1.07. The highest BCUT2D eigenvalue weighted by Crippen LogP contribution is 2.23. The van der Waals surface area contributed by atoms with Crippen molar-refractivity contribution < 1.29 is 39.8 Å². The van der Waals surface area contributed by atoms with Crippen LogP contribution in [-0.4, -0.2) is 87.5 Å². The summed E-state index contributed by atoms with van der Waals surface area (Å²) in [6.45, 7) is 3.80. The van der Waals surface area contributed by atoms with Crippen molar-refractivity contribution >= 4 is 5.91 Å². The van der Waals surface area contributed by atoms with E-state index < -0.39 is 49.5 Å². The summed E-state index contributed by atoms with van der Waals surface area (Å²) in [4.78, 5) is 13.0. The van der Waals surface area contributed by atoms with Crippen LogP contribution in [0.1, 0.15) is 277 Å². The van der Waals surface area contributed by atoms with Gasteiger partial charge in [0.15, 0.2) is 6.29 Å². The maximum Gasteiger partial charge on any atom is 0.220 e. The molecule has 7 unspecified atom stereocenters. The number of rotatable bonds is 48. The van der Waals surface area contributed by atoms with Crippen LogP contribution in [0.5, 0.6) is 0 Å². The van der Waals surface area contributed by atoms with Gasteiger partial charge in [0, 0.05) is 6.42 Å². The molecule has 0 aromatic carbocycles. The quantitative estimate of drug-likeness (QED) is 0.0261. The molecule has 1 fully saturated rings. The molecule has 0 aliphatic carbocycles. The predicted octanol–water partition coefficient (Wildman–Crippen LogP) is 13.2. The van der Waals surface area contributed by atoms with Crippen LogP contribution in [0.15, 0.2) is 12.2 Å². The van der Waals surface area contributed by atoms with Crippen molar-refractivity contribution in [1.29, 1.82) is 0 Å². The fourth-order valence-corrected chi connectivity index (χ4v) is 9.16. The number of unbranched alkanes of at least 4 members (excludes halogenated alkanes) is 38. The number of amides is 1. The molecule has 0 spiro atoms. The van der Waals surface area contributed by atoms with Crippen LogP contribution in [0, 0.1) is 0 Å². The molecule has 9 nitrogen and oxygen atoms in total. The number of allylic oxidation sites excluding steroid dienone is 1. The van der Waals surface area contributed by atoms with Gasteiger partial charge in [-0.2, -0.15) is 0 Å². The van der Waals surface area contributed by atoms with Gasteiger partial charge in [-0.05, 0) is 19.3 Å². The lowest BCUT2D eigenvalue weighted by atomic mass is 9.99. The van der Waals surface area contributed by atoms with Crippen molar-refractivity contribution in [3.63, 3.8) is 0 Å². The van der Waals surface area contributed by atoms with Gasteiger partial charge < -0.3 is 40.3 Å². The number of hydrogen-bond acceptors (Lipinski definition) is 8. The highest BCUT2D eigenvalue weighted by Gasteiger charge is 2.44. The van der Waals surface area contributed by atoms with Crippen molar-refractivity contribution in [2.75, 3.05) is 13.2 Å². The summed E-state index contributed by atoms with van der Waals surface area (Å²) in [6.07, 6.45) is 48.6. The number of ether oxygens (including phenoxy) is 2. The second kappa shape index (κ2) is 45.7. The van der Waals surface area contributed by atoms with E-state index in [9.17, 15) is 30.3 Å². The third-order valence-electron chi connectivity index (χ3n) is 13.6. The van der Waals surface area contributed by atoms with Crippen LogP contribution in [0.3, 0.4) is 0 Å². The van der Waals surface area contributed by atoms with Gasteiger partial charge in [0.2, 0.25) is 5.91 Å². The SMILES string of the molecule is CCCCCCCCCCCCCCCCCCCCCCCCCCCCC/C=C/C(O)C(COC1OC(CO)C(O)C(O)C1O)NC(=O)CCCCCCCCCCCCCC. The molecule has 0 bridgehead atoms. The lowest BCUT2D eigenvalue weighted by molar-refractivity contribution is -0.302. The van der Waals surface area contributed by atoms with Gasteiger partial charge in [-0.15, -0.1) is 0 Å². The van der Waals surface area contributed by atoms with Crippen molar-refractivity contribution in [2.45, 2.75) is 320 Å². The van der Waals surface area contributed by atoms with E-state index in [-0.39, 0.29) is 12.5 Å². The van der Waals surface area contributed by atoms with E-state index in [0.29, 0.717) is 6.42 Å². The van der Waals surface area contributed by atoms with Crippen LogP contribution in [0.2, 0.25) is 0 Å². The number of carbonyl (C=O) groups is 1. The number of aliphatic hydroxyl groups is 5. The highest BCUT2D eigenvalue weighted by atomic mass is 16.7. The standard InChI is InChI=1S/C55H107NO8/c1-3-5-7-9-11-13-15-17-18-19-20-21-22-23-24-25-26-27-28-29-30-31-32-33-34-36-38-40-42-44-49(58)48(47-63-55-54(62)53(61)52(60)50(46-57)64-55)56-51(59)45-43-41-39-37-35-16-14-12-10-8-6-4-2/h42,44,48-50,52-55,57-58,60-62H,3-41,43,45-47H2,1-2H3,(H,56,59)/b44-42+. The van der Waals surface area contributed by atoms with Crippen molar-refractivity contribution in [2.24, 2.45) is 0 Å². The molecule has 6 N–H and O–H groups in total. The second-order valence-corrected chi connectivity index (χ2v) is 19.7. The molecule has 1 aliphatic heterocycles. The minimum absolute atomic E-state index is 0.174. The summed E-state index contributed by atoms with van der Waals surface area (Å²) in [5, 5.41) is 54.4. The van der Waals surface area contributed by atoms with E-state index in [1.165, 1.54) is 218 Å². The molecule has 7 atom stereocenters. The predicted molar refractivity (Wildman–Crippen MR) is 267 cm³/mol. The molecule has 0 aromatic rings. The van der Waals surface area contributed by atoms with Gasteiger partial charge in [-0.1, -0.05) is 264 Å². The summed E-state index contributed by atoms with van der Waals surface area (Å²) >= 11 is 0. The average Bonchev–Trinajstić information content (AvgIpc) is 3.29. The molecule has 1 aliphatic rings. The van der Waals surface area contributed by atoms with Crippen molar-refractivity contribution in [3.8, 4) is 0 Å². The molecule has 0 radical (unpaired) electrons. The van der Waals surface area contributed by atoms with Crippen LogP contribution >= 0.6 is 0 Å². The first-order valence-corrected chi connectivity index (χ1v) is 27.9. The molecule has 380 valence electrons. The van der Waals surface area contributed by atoms with E-state index in [2.05, 4.69) is 19.2 Å². The average molecular weight is 910 g/mol. The molecule has 64 heavy (non-hydrogen) atoms. The maximum absolute atomic E-state index is 13.0. The van der Waals surface area contributed by atoms with Crippen LogP contribution < -0.4 is 5.32 Å². The first-order valence-electron chi connectivity index (χ1n) is 27.9. The third kappa shape index (κ3) is 35.1. The van der Waals surface area contributed by atoms with Crippen LogP contribution in [0.25, 0.3) is 0 Å². The summed E-state index contributed by atoms with van der Waals surface area (Å²) in [5.41, 5.74) is 0.